The Hall–Kier alpha value is -2.93. The van der Waals surface area contributed by atoms with Crippen LogP contribution >= 0.6 is 0 Å². The van der Waals surface area contributed by atoms with Crippen LogP contribution in [0.15, 0.2) is 46.9 Å². The minimum absolute atomic E-state index is 0.00112. The third kappa shape index (κ3) is 3.69. The molecule has 0 saturated heterocycles. The van der Waals surface area contributed by atoms with Gasteiger partial charge in [0.1, 0.15) is 11.3 Å². The number of anilines is 1. The summed E-state index contributed by atoms with van der Waals surface area (Å²) in [6, 6.07) is 10.1. The summed E-state index contributed by atoms with van der Waals surface area (Å²) in [4.78, 5) is 16.1. The number of halogens is 1. The Kier molecular flexibility index (Phi) is 4.43. The number of hydrogen-bond donors (Lipinski definition) is 3. The van der Waals surface area contributed by atoms with Crippen molar-refractivity contribution in [2.24, 2.45) is 0 Å². The molecule has 2 aromatic carbocycles. The number of aryl methyl sites for hydroxylation is 1. The highest BCUT2D eigenvalue weighted by Gasteiger charge is 2.10. The van der Waals surface area contributed by atoms with E-state index in [2.05, 4.69) is 15.6 Å². The molecule has 1 unspecified atom stereocenters. The summed E-state index contributed by atoms with van der Waals surface area (Å²) in [5.41, 5.74) is 2.37. The lowest BCUT2D eigenvalue weighted by atomic mass is 10.1. The Morgan fingerprint density at radius 2 is 2.04 bits per heavy atom. The molecule has 1 atom stereocenters. The number of carbonyl (C=O) groups is 1. The summed E-state index contributed by atoms with van der Waals surface area (Å²) in [7, 11) is 0. The first-order chi connectivity index (χ1) is 11.5. The summed E-state index contributed by atoms with van der Waals surface area (Å²) in [6.45, 7) is 1.75. The average Bonchev–Trinajstić information content (AvgIpc) is 2.92. The number of nitrogens with one attached hydrogen (secondary N) is 2. The minimum Gasteiger partial charge on any atom is -0.441 e. The predicted octanol–water partition coefficient (Wildman–Crippen LogP) is 3.13. The molecule has 24 heavy (non-hydrogen) atoms. The Morgan fingerprint density at radius 3 is 2.79 bits per heavy atom. The van der Waals surface area contributed by atoms with Crippen LogP contribution in [0.3, 0.4) is 0 Å². The highest BCUT2D eigenvalue weighted by Crippen LogP contribution is 2.19. The fourth-order valence-corrected chi connectivity index (χ4v) is 2.29. The third-order valence-corrected chi connectivity index (χ3v) is 3.46. The Balaban J connectivity index is 1.57. The van der Waals surface area contributed by atoms with Crippen molar-refractivity contribution in [3.05, 3.63) is 59.7 Å². The van der Waals surface area contributed by atoms with Gasteiger partial charge in [-0.3, -0.25) is 0 Å². The number of aliphatic hydroxyl groups is 1. The molecule has 0 bridgehead atoms. The monoisotopic (exact) mass is 329 g/mol. The molecule has 0 aliphatic carbocycles. The van der Waals surface area contributed by atoms with E-state index in [4.69, 9.17) is 4.42 Å². The molecular weight excluding hydrogens is 313 g/mol. The van der Waals surface area contributed by atoms with Gasteiger partial charge in [-0.1, -0.05) is 12.1 Å². The van der Waals surface area contributed by atoms with E-state index in [0.717, 1.165) is 0 Å². The van der Waals surface area contributed by atoms with Crippen molar-refractivity contribution in [2.75, 3.05) is 11.9 Å². The van der Waals surface area contributed by atoms with E-state index >= 15 is 0 Å². The third-order valence-electron chi connectivity index (χ3n) is 3.46. The Labute approximate surface area is 137 Å². The van der Waals surface area contributed by atoms with Gasteiger partial charge in [-0.15, -0.1) is 0 Å². The van der Waals surface area contributed by atoms with Crippen LogP contribution in [0.5, 0.6) is 0 Å². The van der Waals surface area contributed by atoms with E-state index in [9.17, 15) is 14.3 Å². The van der Waals surface area contributed by atoms with Gasteiger partial charge >= 0.3 is 6.03 Å². The summed E-state index contributed by atoms with van der Waals surface area (Å²) < 4.78 is 18.2. The van der Waals surface area contributed by atoms with Crippen molar-refractivity contribution in [1.29, 1.82) is 0 Å². The zero-order valence-electron chi connectivity index (χ0n) is 12.9. The van der Waals surface area contributed by atoms with E-state index in [0.29, 0.717) is 28.2 Å². The van der Waals surface area contributed by atoms with Crippen LogP contribution in [0, 0.1) is 12.7 Å². The number of oxazole rings is 1. The molecule has 3 rings (SSSR count). The van der Waals surface area contributed by atoms with Gasteiger partial charge < -0.3 is 20.2 Å². The first-order valence-corrected chi connectivity index (χ1v) is 7.37. The van der Waals surface area contributed by atoms with Crippen molar-refractivity contribution in [3.8, 4) is 0 Å². The summed E-state index contributed by atoms with van der Waals surface area (Å²) in [6.07, 6.45) is -0.921. The molecule has 3 N–H and O–H groups in total. The van der Waals surface area contributed by atoms with Gasteiger partial charge in [0.15, 0.2) is 11.5 Å². The molecule has 3 aromatic rings. The second kappa shape index (κ2) is 6.67. The Bertz CT molecular complexity index is 861. The number of rotatable bonds is 4. The number of amides is 2. The Morgan fingerprint density at radius 1 is 1.29 bits per heavy atom. The van der Waals surface area contributed by atoms with Crippen molar-refractivity contribution in [2.45, 2.75) is 13.0 Å². The molecule has 124 valence electrons. The molecule has 1 heterocycles. The normalized spacial score (nSPS) is 12.1. The summed E-state index contributed by atoms with van der Waals surface area (Å²) in [5.74, 6) is 0.170. The molecule has 0 radical (unpaired) electrons. The predicted molar refractivity (Wildman–Crippen MR) is 87.1 cm³/mol. The number of urea groups is 1. The summed E-state index contributed by atoms with van der Waals surface area (Å²) >= 11 is 0. The van der Waals surface area contributed by atoms with E-state index in [1.807, 2.05) is 0 Å². The molecule has 7 heteroatoms. The van der Waals surface area contributed by atoms with Gasteiger partial charge in [0, 0.05) is 25.2 Å². The molecule has 6 nitrogen and oxygen atoms in total. The van der Waals surface area contributed by atoms with E-state index in [1.54, 1.807) is 25.1 Å². The topological polar surface area (TPSA) is 87.4 Å². The number of hydrogen-bond acceptors (Lipinski definition) is 4. The highest BCUT2D eigenvalue weighted by atomic mass is 19.1. The van der Waals surface area contributed by atoms with Crippen LogP contribution in [0.2, 0.25) is 0 Å². The number of benzene rings is 2. The molecule has 0 aliphatic heterocycles. The first kappa shape index (κ1) is 15.9. The lowest BCUT2D eigenvalue weighted by Gasteiger charge is -2.13. The van der Waals surface area contributed by atoms with E-state index < -0.39 is 12.1 Å². The van der Waals surface area contributed by atoms with Crippen molar-refractivity contribution >= 4 is 22.8 Å². The maximum atomic E-state index is 12.8. The largest absolute Gasteiger partial charge is 0.441 e. The molecule has 0 saturated carbocycles. The maximum Gasteiger partial charge on any atom is 0.319 e. The van der Waals surface area contributed by atoms with Gasteiger partial charge in [0.25, 0.3) is 0 Å². The number of aromatic nitrogens is 1. The zero-order chi connectivity index (χ0) is 17.1. The number of fused-ring (bicyclic) bond motifs is 1. The van der Waals surface area contributed by atoms with E-state index in [-0.39, 0.29) is 12.4 Å². The number of nitrogens with zero attached hydrogens (tertiary/aromatic N) is 1. The number of aliphatic hydroxyl groups excluding tert-OH is 1. The smallest absolute Gasteiger partial charge is 0.319 e. The number of carbonyl (C=O) groups excluding carboxylic acids is 1. The standard InChI is InChI=1S/C17H16FN3O3/c1-10-20-14-7-6-13(8-16(14)24-10)21-17(23)19-9-15(22)11-2-4-12(18)5-3-11/h2-8,15,22H,9H2,1H3,(H2,19,21,23). The molecule has 0 aliphatic rings. The van der Waals surface area contributed by atoms with Gasteiger partial charge in [-0.2, -0.15) is 0 Å². The molecule has 1 aromatic heterocycles. The van der Waals surface area contributed by atoms with Gasteiger partial charge in [-0.25, -0.2) is 14.2 Å². The molecule has 0 fully saturated rings. The fraction of sp³-hybridized carbons (Fsp3) is 0.176. The lowest BCUT2D eigenvalue weighted by Crippen LogP contribution is -2.32. The van der Waals surface area contributed by atoms with Crippen molar-refractivity contribution in [1.82, 2.24) is 10.3 Å². The zero-order valence-corrected chi connectivity index (χ0v) is 12.9. The van der Waals surface area contributed by atoms with Gasteiger partial charge in [-0.05, 0) is 29.8 Å². The summed E-state index contributed by atoms with van der Waals surface area (Å²) in [5, 5.41) is 15.2. The van der Waals surface area contributed by atoms with E-state index in [1.165, 1.54) is 24.3 Å². The quantitative estimate of drug-likeness (QED) is 0.686. The molecule has 0 spiro atoms. The van der Waals surface area contributed by atoms with Crippen LogP contribution in [0.1, 0.15) is 17.6 Å². The van der Waals surface area contributed by atoms with Crippen LogP contribution in [-0.4, -0.2) is 22.7 Å². The van der Waals surface area contributed by atoms with Crippen molar-refractivity contribution < 1.29 is 18.7 Å². The average molecular weight is 329 g/mol. The first-order valence-electron chi connectivity index (χ1n) is 7.37. The van der Waals surface area contributed by atoms with Crippen LogP contribution in [-0.2, 0) is 0 Å². The van der Waals surface area contributed by atoms with Crippen LogP contribution in [0.25, 0.3) is 11.1 Å². The van der Waals surface area contributed by atoms with Crippen LogP contribution < -0.4 is 10.6 Å². The van der Waals surface area contributed by atoms with Gasteiger partial charge in [0.05, 0.1) is 6.10 Å². The van der Waals surface area contributed by atoms with Gasteiger partial charge in [0.2, 0.25) is 0 Å². The lowest BCUT2D eigenvalue weighted by molar-refractivity contribution is 0.175. The highest BCUT2D eigenvalue weighted by molar-refractivity contribution is 5.91. The maximum absolute atomic E-state index is 12.8. The second-order valence-corrected chi connectivity index (χ2v) is 5.32. The van der Waals surface area contributed by atoms with Crippen molar-refractivity contribution in [3.63, 3.8) is 0 Å². The fourth-order valence-electron chi connectivity index (χ4n) is 2.29. The SMILES string of the molecule is Cc1nc2ccc(NC(=O)NCC(O)c3ccc(F)cc3)cc2o1. The molecular formula is C17H16FN3O3. The minimum atomic E-state index is -0.921. The molecule has 2 amide bonds. The van der Waals surface area contributed by atoms with Crippen LogP contribution in [0.4, 0.5) is 14.9 Å². The second-order valence-electron chi connectivity index (χ2n) is 5.32.